The van der Waals surface area contributed by atoms with Crippen molar-refractivity contribution in [2.75, 3.05) is 13.1 Å². The number of rotatable bonds is 2. The second-order valence-electron chi connectivity index (χ2n) is 4.30. The molecule has 0 radical (unpaired) electrons. The van der Waals surface area contributed by atoms with E-state index < -0.39 is 17.8 Å². The summed E-state index contributed by atoms with van der Waals surface area (Å²) in [5.41, 5.74) is -0.525. The molecule has 1 fully saturated rings. The van der Waals surface area contributed by atoms with Gasteiger partial charge in [0.25, 0.3) is 0 Å². The molecular formula is C9H17NO3. The number of ether oxygens (including phenoxy) is 1. The van der Waals surface area contributed by atoms with Crippen LogP contribution in [0.15, 0.2) is 0 Å². The smallest absolute Gasteiger partial charge is 0.351 e. The molecule has 1 aliphatic heterocycles. The van der Waals surface area contributed by atoms with Gasteiger partial charge in [0.2, 0.25) is 6.23 Å². The monoisotopic (exact) mass is 187 g/mol. The zero-order valence-corrected chi connectivity index (χ0v) is 8.41. The Hall–Kier alpha value is -0.610. The van der Waals surface area contributed by atoms with Gasteiger partial charge < -0.3 is 9.84 Å². The van der Waals surface area contributed by atoms with Crippen LogP contribution in [0.2, 0.25) is 0 Å². The Morgan fingerprint density at radius 1 is 1.46 bits per heavy atom. The topological polar surface area (TPSA) is 49.8 Å². The molecule has 1 rings (SSSR count). The third-order valence-corrected chi connectivity index (χ3v) is 1.85. The van der Waals surface area contributed by atoms with Gasteiger partial charge in [0.1, 0.15) is 5.60 Å². The fourth-order valence-corrected chi connectivity index (χ4v) is 1.09. The van der Waals surface area contributed by atoms with Crippen molar-refractivity contribution < 1.29 is 14.6 Å². The number of aliphatic hydroxyl groups is 1. The largest absolute Gasteiger partial charge is 0.457 e. The Morgan fingerprint density at radius 3 is 2.31 bits per heavy atom. The van der Waals surface area contributed by atoms with Crippen LogP contribution in [0, 0.1) is 0 Å². The highest BCUT2D eigenvalue weighted by atomic mass is 16.6. The number of aliphatic hydroxyl groups excluding tert-OH is 1. The van der Waals surface area contributed by atoms with E-state index in [2.05, 4.69) is 0 Å². The minimum absolute atomic E-state index is 0.525. The van der Waals surface area contributed by atoms with E-state index in [4.69, 9.17) is 4.74 Å². The fraction of sp³-hybridized carbons (Fsp3) is 0.889. The highest BCUT2D eigenvalue weighted by Gasteiger charge is 2.31. The molecule has 1 heterocycles. The molecule has 0 aromatic heterocycles. The normalized spacial score (nSPS) is 20.6. The first-order chi connectivity index (χ1) is 5.90. The summed E-state index contributed by atoms with van der Waals surface area (Å²) in [6.45, 7) is 6.91. The van der Waals surface area contributed by atoms with Crippen molar-refractivity contribution in [1.82, 2.24) is 4.90 Å². The highest BCUT2D eigenvalue weighted by molar-refractivity contribution is 5.74. The summed E-state index contributed by atoms with van der Waals surface area (Å²) in [4.78, 5) is 13.0. The van der Waals surface area contributed by atoms with Gasteiger partial charge in [-0.3, -0.25) is 4.90 Å². The van der Waals surface area contributed by atoms with Crippen LogP contribution in [0.3, 0.4) is 0 Å². The maximum absolute atomic E-state index is 11.3. The predicted octanol–water partition coefficient (Wildman–Crippen LogP) is 0.352. The lowest BCUT2D eigenvalue weighted by molar-refractivity contribution is -0.179. The number of likely N-dealkylation sites (tertiary alicyclic amines) is 1. The van der Waals surface area contributed by atoms with Crippen molar-refractivity contribution in [2.24, 2.45) is 0 Å². The van der Waals surface area contributed by atoms with Crippen molar-refractivity contribution >= 4 is 5.97 Å². The van der Waals surface area contributed by atoms with Crippen molar-refractivity contribution in [1.29, 1.82) is 0 Å². The first-order valence-electron chi connectivity index (χ1n) is 4.55. The number of nitrogens with zero attached hydrogens (tertiary/aromatic N) is 1. The van der Waals surface area contributed by atoms with Gasteiger partial charge in [0.05, 0.1) is 0 Å². The zero-order valence-electron chi connectivity index (χ0n) is 8.41. The molecular weight excluding hydrogens is 170 g/mol. The molecule has 0 bridgehead atoms. The molecule has 1 saturated heterocycles. The van der Waals surface area contributed by atoms with E-state index in [1.54, 1.807) is 25.7 Å². The molecule has 1 N–H and O–H groups in total. The Balaban J connectivity index is 2.38. The lowest BCUT2D eigenvalue weighted by Gasteiger charge is -2.34. The van der Waals surface area contributed by atoms with Crippen LogP contribution in [0.5, 0.6) is 0 Å². The maximum Gasteiger partial charge on any atom is 0.351 e. The summed E-state index contributed by atoms with van der Waals surface area (Å²) >= 11 is 0. The van der Waals surface area contributed by atoms with Crippen LogP contribution in [0.4, 0.5) is 0 Å². The molecule has 0 aromatic carbocycles. The van der Waals surface area contributed by atoms with Crippen molar-refractivity contribution in [3.05, 3.63) is 0 Å². The standard InChI is InChI=1S/C9H17NO3/c1-9(2,3)13-8(12)7(11)10-5-4-6-10/h7,11H,4-6H2,1-3H3. The summed E-state index contributed by atoms with van der Waals surface area (Å²) in [5.74, 6) is -0.549. The number of hydrogen-bond acceptors (Lipinski definition) is 4. The van der Waals surface area contributed by atoms with Crippen LogP contribution >= 0.6 is 0 Å². The molecule has 4 heteroatoms. The predicted molar refractivity (Wildman–Crippen MR) is 48.0 cm³/mol. The zero-order chi connectivity index (χ0) is 10.1. The molecule has 1 atom stereocenters. The molecule has 0 amide bonds. The summed E-state index contributed by atoms with van der Waals surface area (Å²) in [6.07, 6.45) is -0.0344. The van der Waals surface area contributed by atoms with Crippen LogP contribution in [0.25, 0.3) is 0 Å². The number of hydrogen-bond donors (Lipinski definition) is 1. The molecule has 13 heavy (non-hydrogen) atoms. The van der Waals surface area contributed by atoms with E-state index >= 15 is 0 Å². The fourth-order valence-electron chi connectivity index (χ4n) is 1.09. The average Bonchev–Trinajstić information content (AvgIpc) is 1.78. The maximum atomic E-state index is 11.3. The quantitative estimate of drug-likeness (QED) is 0.634. The number of carbonyl (C=O) groups excluding carboxylic acids is 1. The van der Waals surface area contributed by atoms with E-state index in [9.17, 15) is 9.90 Å². The van der Waals surface area contributed by atoms with Gasteiger partial charge in [0.15, 0.2) is 0 Å². The molecule has 0 saturated carbocycles. The van der Waals surface area contributed by atoms with E-state index in [1.807, 2.05) is 0 Å². The Morgan fingerprint density at radius 2 is 2.00 bits per heavy atom. The second-order valence-corrected chi connectivity index (χ2v) is 4.30. The number of esters is 1. The first kappa shape index (κ1) is 10.5. The van der Waals surface area contributed by atoms with E-state index in [0.717, 1.165) is 19.5 Å². The SMILES string of the molecule is CC(C)(C)OC(=O)C(O)N1CCC1. The van der Waals surface area contributed by atoms with Crippen molar-refractivity contribution in [3.8, 4) is 0 Å². The Bertz CT molecular complexity index is 194. The molecule has 1 unspecified atom stereocenters. The van der Waals surface area contributed by atoms with E-state index in [1.165, 1.54) is 0 Å². The van der Waals surface area contributed by atoms with Crippen LogP contribution in [-0.4, -0.2) is 40.9 Å². The average molecular weight is 187 g/mol. The Kier molecular flexibility index (Phi) is 2.93. The van der Waals surface area contributed by atoms with Gasteiger partial charge in [-0.2, -0.15) is 0 Å². The van der Waals surface area contributed by atoms with Crippen LogP contribution in [-0.2, 0) is 9.53 Å². The number of carbonyl (C=O) groups is 1. The van der Waals surface area contributed by atoms with E-state index in [0.29, 0.717) is 0 Å². The Labute approximate surface area is 78.5 Å². The molecule has 0 aromatic rings. The summed E-state index contributed by atoms with van der Waals surface area (Å²) in [7, 11) is 0. The van der Waals surface area contributed by atoms with Gasteiger partial charge in [-0.1, -0.05) is 0 Å². The minimum atomic E-state index is -1.08. The second kappa shape index (κ2) is 3.64. The lowest BCUT2D eigenvalue weighted by Crippen LogP contribution is -2.50. The summed E-state index contributed by atoms with van der Waals surface area (Å²) in [5, 5.41) is 9.45. The van der Waals surface area contributed by atoms with Crippen LogP contribution < -0.4 is 0 Å². The first-order valence-corrected chi connectivity index (χ1v) is 4.55. The molecule has 76 valence electrons. The summed E-state index contributed by atoms with van der Waals surface area (Å²) in [6, 6.07) is 0. The van der Waals surface area contributed by atoms with Gasteiger partial charge in [-0.15, -0.1) is 0 Å². The third kappa shape index (κ3) is 2.97. The van der Waals surface area contributed by atoms with Gasteiger partial charge in [-0.25, -0.2) is 4.79 Å². The van der Waals surface area contributed by atoms with Gasteiger partial charge >= 0.3 is 5.97 Å². The van der Waals surface area contributed by atoms with Gasteiger partial charge in [0, 0.05) is 13.1 Å². The summed E-state index contributed by atoms with van der Waals surface area (Å²) < 4.78 is 5.03. The minimum Gasteiger partial charge on any atom is -0.457 e. The van der Waals surface area contributed by atoms with Crippen LogP contribution in [0.1, 0.15) is 27.2 Å². The molecule has 4 nitrogen and oxygen atoms in total. The molecule has 0 aliphatic carbocycles. The van der Waals surface area contributed by atoms with Gasteiger partial charge in [-0.05, 0) is 27.2 Å². The van der Waals surface area contributed by atoms with E-state index in [-0.39, 0.29) is 0 Å². The lowest BCUT2D eigenvalue weighted by atomic mass is 10.2. The van der Waals surface area contributed by atoms with Crippen molar-refractivity contribution in [2.45, 2.75) is 39.0 Å². The highest BCUT2D eigenvalue weighted by Crippen LogP contribution is 2.14. The molecule has 1 aliphatic rings. The molecule has 0 spiro atoms. The van der Waals surface area contributed by atoms with Crippen molar-refractivity contribution in [3.63, 3.8) is 0 Å². The third-order valence-electron chi connectivity index (χ3n) is 1.85.